The molecule has 2 fully saturated rings. The van der Waals surface area contributed by atoms with Crippen LogP contribution in [-0.4, -0.2) is 85.2 Å². The Labute approximate surface area is 222 Å². The molecule has 1 aliphatic heterocycles. The highest BCUT2D eigenvalue weighted by Crippen LogP contribution is 2.59. The van der Waals surface area contributed by atoms with E-state index in [4.69, 9.17) is 4.74 Å². The molecule has 37 heavy (non-hydrogen) atoms. The quantitative estimate of drug-likeness (QED) is 0.523. The standard InChI is InChI=1S/C29H45N5O3/c1-28(2,3)31-27(36)34(20-21-11-12-22-19-23(21)29(22,4)5)18-15-32-13-16-33(17-14-32)26(35)30-24-9-7-8-10-25(24)37-6/h7-11,22-23H,12-20H2,1-6H3,(H,30,35)(H,31,36). The second-order valence-corrected chi connectivity index (χ2v) is 12.4. The zero-order valence-electron chi connectivity index (χ0n) is 23.5. The van der Waals surface area contributed by atoms with Crippen LogP contribution in [0.25, 0.3) is 0 Å². The molecule has 1 aromatic carbocycles. The van der Waals surface area contributed by atoms with E-state index >= 15 is 0 Å². The number of urea groups is 2. The second kappa shape index (κ2) is 10.9. The molecule has 1 heterocycles. The maximum absolute atomic E-state index is 13.3. The van der Waals surface area contributed by atoms with E-state index in [0.29, 0.717) is 48.9 Å². The number of benzene rings is 1. The van der Waals surface area contributed by atoms with Crippen molar-refractivity contribution in [3.63, 3.8) is 0 Å². The Morgan fingerprint density at radius 2 is 1.84 bits per heavy atom. The van der Waals surface area contributed by atoms with Gasteiger partial charge in [0.15, 0.2) is 0 Å². The van der Waals surface area contributed by atoms with Crippen LogP contribution in [0.3, 0.4) is 0 Å². The van der Waals surface area contributed by atoms with Crippen molar-refractivity contribution in [1.82, 2.24) is 20.0 Å². The minimum absolute atomic E-state index is 0.00229. The fourth-order valence-electron chi connectivity index (χ4n) is 5.91. The third-order valence-corrected chi connectivity index (χ3v) is 8.42. The summed E-state index contributed by atoms with van der Waals surface area (Å²) in [6, 6.07) is 7.33. The summed E-state index contributed by atoms with van der Waals surface area (Å²) in [6.07, 6.45) is 4.78. The first-order chi connectivity index (χ1) is 17.5. The van der Waals surface area contributed by atoms with Crippen molar-refractivity contribution < 1.29 is 14.3 Å². The lowest BCUT2D eigenvalue weighted by molar-refractivity contribution is -0.00988. The molecular weight excluding hydrogens is 466 g/mol. The topological polar surface area (TPSA) is 77.2 Å². The van der Waals surface area contributed by atoms with Gasteiger partial charge in [-0.25, -0.2) is 9.59 Å². The van der Waals surface area contributed by atoms with Gasteiger partial charge in [0.2, 0.25) is 0 Å². The van der Waals surface area contributed by atoms with Crippen LogP contribution in [0.4, 0.5) is 15.3 Å². The number of hydrogen-bond donors (Lipinski definition) is 2. The summed E-state index contributed by atoms with van der Waals surface area (Å²) >= 11 is 0. The number of methoxy groups -OCH3 is 1. The van der Waals surface area contributed by atoms with Gasteiger partial charge >= 0.3 is 12.1 Å². The van der Waals surface area contributed by atoms with Crippen molar-refractivity contribution >= 4 is 17.7 Å². The molecule has 2 atom stereocenters. The number of ether oxygens (including phenoxy) is 1. The van der Waals surface area contributed by atoms with Crippen molar-refractivity contribution in [2.75, 3.05) is 58.2 Å². The average molecular weight is 512 g/mol. The van der Waals surface area contributed by atoms with E-state index in [-0.39, 0.29) is 17.6 Å². The summed E-state index contributed by atoms with van der Waals surface area (Å²) in [5.41, 5.74) is 2.17. The lowest BCUT2D eigenvalue weighted by Gasteiger charge is -2.57. The normalized spacial score (nSPS) is 23.0. The van der Waals surface area contributed by atoms with Crippen molar-refractivity contribution in [1.29, 1.82) is 0 Å². The second-order valence-electron chi connectivity index (χ2n) is 12.4. The number of allylic oxidation sites excluding steroid dienone is 1. The first-order valence-corrected chi connectivity index (χ1v) is 13.7. The van der Waals surface area contributed by atoms with E-state index in [9.17, 15) is 9.59 Å². The van der Waals surface area contributed by atoms with Gasteiger partial charge in [-0.2, -0.15) is 0 Å². The number of para-hydroxylation sites is 2. The highest BCUT2D eigenvalue weighted by atomic mass is 16.5. The maximum atomic E-state index is 13.3. The first-order valence-electron chi connectivity index (χ1n) is 13.7. The van der Waals surface area contributed by atoms with Gasteiger partial charge in [-0.15, -0.1) is 0 Å². The summed E-state index contributed by atoms with van der Waals surface area (Å²) in [7, 11) is 1.60. The maximum Gasteiger partial charge on any atom is 0.322 e. The third kappa shape index (κ3) is 6.40. The van der Waals surface area contributed by atoms with E-state index in [1.54, 1.807) is 7.11 Å². The van der Waals surface area contributed by atoms with E-state index in [0.717, 1.165) is 32.0 Å². The van der Waals surface area contributed by atoms with E-state index < -0.39 is 0 Å². The van der Waals surface area contributed by atoms with Gasteiger partial charge < -0.3 is 25.2 Å². The Kier molecular flexibility index (Phi) is 8.07. The molecule has 2 N–H and O–H groups in total. The molecule has 2 unspecified atom stereocenters. The lowest BCUT2D eigenvalue weighted by atomic mass is 9.49. The molecule has 0 spiro atoms. The molecule has 1 saturated carbocycles. The van der Waals surface area contributed by atoms with E-state index in [1.165, 1.54) is 12.0 Å². The van der Waals surface area contributed by atoms with Gasteiger partial charge in [-0.05, 0) is 63.0 Å². The molecule has 0 aromatic heterocycles. The van der Waals surface area contributed by atoms with Gasteiger partial charge in [-0.1, -0.05) is 37.6 Å². The number of carbonyl (C=O) groups excluding carboxylic acids is 2. The minimum atomic E-state index is -0.280. The summed E-state index contributed by atoms with van der Waals surface area (Å²) in [6.45, 7) is 15.9. The average Bonchev–Trinajstić information content (AvgIpc) is 2.86. The summed E-state index contributed by atoms with van der Waals surface area (Å²) in [4.78, 5) is 32.2. The van der Waals surface area contributed by atoms with Crippen LogP contribution in [0.2, 0.25) is 0 Å². The fraction of sp³-hybridized carbons (Fsp3) is 0.655. The third-order valence-electron chi connectivity index (χ3n) is 8.42. The smallest absolute Gasteiger partial charge is 0.322 e. The van der Waals surface area contributed by atoms with Gasteiger partial charge in [0.1, 0.15) is 5.75 Å². The molecule has 8 nitrogen and oxygen atoms in total. The largest absolute Gasteiger partial charge is 0.495 e. The monoisotopic (exact) mass is 511 g/mol. The molecule has 1 aromatic rings. The van der Waals surface area contributed by atoms with Crippen LogP contribution in [0.5, 0.6) is 5.75 Å². The van der Waals surface area contributed by atoms with E-state index in [2.05, 4.69) is 35.5 Å². The zero-order valence-corrected chi connectivity index (χ0v) is 23.5. The Morgan fingerprint density at radius 1 is 1.14 bits per heavy atom. The number of fused-ring (bicyclic) bond motifs is 1. The van der Waals surface area contributed by atoms with Crippen LogP contribution in [-0.2, 0) is 0 Å². The van der Waals surface area contributed by atoms with Crippen molar-refractivity contribution in [3.8, 4) is 5.75 Å². The first kappa shape index (κ1) is 27.3. The summed E-state index contributed by atoms with van der Waals surface area (Å²) in [5, 5.41) is 6.14. The SMILES string of the molecule is COc1ccccc1NC(=O)N1CCN(CCN(CC2=CCC3CC2C3(C)C)C(=O)NC(C)(C)C)CC1. The van der Waals surface area contributed by atoms with Crippen molar-refractivity contribution in [3.05, 3.63) is 35.9 Å². The van der Waals surface area contributed by atoms with Crippen molar-refractivity contribution in [2.24, 2.45) is 17.3 Å². The Hall–Kier alpha value is -2.74. The number of rotatable bonds is 7. The lowest BCUT2D eigenvalue weighted by Crippen LogP contribution is -2.55. The molecule has 4 amide bonds. The number of nitrogens with zero attached hydrogens (tertiary/aromatic N) is 3. The Bertz CT molecular complexity index is 1010. The number of amides is 4. The molecule has 0 radical (unpaired) electrons. The molecule has 4 aliphatic rings. The Balaban J connectivity index is 1.31. The predicted octanol–water partition coefficient (Wildman–Crippen LogP) is 4.65. The Morgan fingerprint density at radius 3 is 2.46 bits per heavy atom. The number of hydrogen-bond acceptors (Lipinski definition) is 4. The number of carbonyl (C=O) groups is 2. The van der Waals surface area contributed by atoms with Crippen LogP contribution < -0.4 is 15.4 Å². The highest BCUT2D eigenvalue weighted by molar-refractivity contribution is 5.91. The number of piperazine rings is 1. The molecule has 8 heteroatoms. The van der Waals surface area contributed by atoms with Gasteiger partial charge in [-0.3, -0.25) is 4.90 Å². The molecule has 2 bridgehead atoms. The van der Waals surface area contributed by atoms with E-state index in [1.807, 2.05) is 54.8 Å². The summed E-state index contributed by atoms with van der Waals surface area (Å²) < 4.78 is 5.35. The van der Waals surface area contributed by atoms with Crippen LogP contribution in [0, 0.1) is 17.3 Å². The zero-order chi connectivity index (χ0) is 26.8. The molecular formula is C29H45N5O3. The van der Waals surface area contributed by atoms with Gasteiger partial charge in [0.25, 0.3) is 0 Å². The molecule has 204 valence electrons. The van der Waals surface area contributed by atoms with Crippen LogP contribution in [0.1, 0.15) is 47.5 Å². The molecule has 3 aliphatic carbocycles. The highest BCUT2D eigenvalue weighted by Gasteiger charge is 2.51. The van der Waals surface area contributed by atoms with Gasteiger partial charge in [0, 0.05) is 51.4 Å². The van der Waals surface area contributed by atoms with Crippen LogP contribution >= 0.6 is 0 Å². The number of nitrogens with one attached hydrogen (secondary N) is 2. The molecule has 1 saturated heterocycles. The fourth-order valence-corrected chi connectivity index (χ4v) is 5.91. The van der Waals surface area contributed by atoms with Crippen LogP contribution in [0.15, 0.2) is 35.9 Å². The van der Waals surface area contributed by atoms with Gasteiger partial charge in [0.05, 0.1) is 12.8 Å². The summed E-state index contributed by atoms with van der Waals surface area (Å²) in [5.74, 6) is 2.02. The molecule has 5 rings (SSSR count). The number of anilines is 1. The minimum Gasteiger partial charge on any atom is -0.495 e. The van der Waals surface area contributed by atoms with Crippen molar-refractivity contribution in [2.45, 2.75) is 53.0 Å². The predicted molar refractivity (Wildman–Crippen MR) is 148 cm³/mol.